The maximum absolute atomic E-state index is 12.4. The van der Waals surface area contributed by atoms with Crippen LogP contribution in [0.3, 0.4) is 0 Å². The summed E-state index contributed by atoms with van der Waals surface area (Å²) in [5.74, 6) is 0.452. The van der Waals surface area contributed by atoms with Crippen molar-refractivity contribution in [3.63, 3.8) is 0 Å². The monoisotopic (exact) mass is 315 g/mol. The molecular weight excluding hydrogens is 298 g/mol. The van der Waals surface area contributed by atoms with Gasteiger partial charge in [0.05, 0.1) is 11.5 Å². The lowest BCUT2D eigenvalue weighted by Gasteiger charge is -2.43. The first-order valence-corrected chi connectivity index (χ1v) is 8.37. The van der Waals surface area contributed by atoms with Crippen LogP contribution in [-0.4, -0.2) is 29.7 Å². The van der Waals surface area contributed by atoms with E-state index in [4.69, 9.17) is 9.47 Å². The molecule has 1 fully saturated rings. The quantitative estimate of drug-likeness (QED) is 0.810. The molecule has 1 amide bonds. The van der Waals surface area contributed by atoms with Crippen molar-refractivity contribution in [2.75, 3.05) is 13.1 Å². The lowest BCUT2D eigenvalue weighted by atomic mass is 10.0. The summed E-state index contributed by atoms with van der Waals surface area (Å²) in [5, 5.41) is 1.93. The summed E-state index contributed by atoms with van der Waals surface area (Å²) >= 11 is 1.49. The van der Waals surface area contributed by atoms with Crippen molar-refractivity contribution in [3.05, 3.63) is 52.2 Å². The Balaban J connectivity index is 1.45. The molecule has 4 nitrogen and oxygen atoms in total. The fourth-order valence-corrected chi connectivity index (χ4v) is 3.71. The zero-order chi connectivity index (χ0) is 15.0. The van der Waals surface area contributed by atoms with E-state index in [1.807, 2.05) is 46.7 Å². The van der Waals surface area contributed by atoms with E-state index in [1.165, 1.54) is 11.3 Å². The van der Waals surface area contributed by atoms with Crippen molar-refractivity contribution in [3.8, 4) is 5.75 Å². The standard InChI is InChI=1S/C17H17NO3S/c19-16(15-6-3-11-22-15)18-9-7-17(8-10-18)20-12-13-4-1-2-5-14(13)21-17/h1-6,11H,7-10,12H2. The maximum Gasteiger partial charge on any atom is 0.263 e. The zero-order valence-electron chi connectivity index (χ0n) is 12.2. The topological polar surface area (TPSA) is 38.8 Å². The highest BCUT2D eigenvalue weighted by Gasteiger charge is 2.41. The van der Waals surface area contributed by atoms with E-state index in [9.17, 15) is 4.79 Å². The first kappa shape index (κ1) is 13.8. The van der Waals surface area contributed by atoms with E-state index in [0.29, 0.717) is 32.5 Å². The molecule has 22 heavy (non-hydrogen) atoms. The molecule has 1 aromatic heterocycles. The minimum absolute atomic E-state index is 0.112. The number of hydrogen-bond donors (Lipinski definition) is 0. The molecule has 1 aromatic carbocycles. The smallest absolute Gasteiger partial charge is 0.263 e. The van der Waals surface area contributed by atoms with E-state index in [2.05, 4.69) is 0 Å². The third-order valence-corrected chi connectivity index (χ3v) is 5.16. The van der Waals surface area contributed by atoms with Crippen LogP contribution >= 0.6 is 11.3 Å². The Hall–Kier alpha value is -1.85. The fourth-order valence-electron chi connectivity index (χ4n) is 3.01. The third kappa shape index (κ3) is 2.40. The summed E-state index contributed by atoms with van der Waals surface area (Å²) in [4.78, 5) is 15.1. The number of thiophene rings is 1. The molecule has 2 aliphatic heterocycles. The van der Waals surface area contributed by atoms with Gasteiger partial charge in [0.1, 0.15) is 5.75 Å². The Bertz CT molecular complexity index is 675. The van der Waals surface area contributed by atoms with E-state index >= 15 is 0 Å². The Labute approximate surface area is 133 Å². The largest absolute Gasteiger partial charge is 0.462 e. The molecule has 5 heteroatoms. The van der Waals surface area contributed by atoms with Gasteiger partial charge in [0.25, 0.3) is 5.91 Å². The zero-order valence-corrected chi connectivity index (χ0v) is 13.0. The molecule has 2 aromatic rings. The number of ether oxygens (including phenoxy) is 2. The summed E-state index contributed by atoms with van der Waals surface area (Å²) in [5.41, 5.74) is 1.09. The molecule has 0 N–H and O–H groups in total. The van der Waals surface area contributed by atoms with Crippen molar-refractivity contribution in [2.24, 2.45) is 0 Å². The van der Waals surface area contributed by atoms with Gasteiger partial charge in [0.2, 0.25) is 5.79 Å². The van der Waals surface area contributed by atoms with Gasteiger partial charge in [-0.25, -0.2) is 0 Å². The average Bonchev–Trinajstić information content (AvgIpc) is 3.09. The van der Waals surface area contributed by atoms with E-state index in [1.54, 1.807) is 0 Å². The number of nitrogens with zero attached hydrogens (tertiary/aromatic N) is 1. The molecule has 0 radical (unpaired) electrons. The second-order valence-corrected chi connectivity index (χ2v) is 6.63. The predicted molar refractivity (Wildman–Crippen MR) is 84.0 cm³/mol. The molecule has 4 rings (SSSR count). The van der Waals surface area contributed by atoms with E-state index in [-0.39, 0.29) is 5.91 Å². The number of carbonyl (C=O) groups is 1. The van der Waals surface area contributed by atoms with Crippen LogP contribution < -0.4 is 4.74 Å². The van der Waals surface area contributed by atoms with Gasteiger partial charge < -0.3 is 14.4 Å². The number of hydrogen-bond acceptors (Lipinski definition) is 4. The van der Waals surface area contributed by atoms with Gasteiger partial charge in [0.15, 0.2) is 0 Å². The fraction of sp³-hybridized carbons (Fsp3) is 0.353. The lowest BCUT2D eigenvalue weighted by molar-refractivity contribution is -0.225. The molecule has 1 spiro atoms. The number of amides is 1. The summed E-state index contributed by atoms with van der Waals surface area (Å²) in [6.45, 7) is 1.91. The Kier molecular flexibility index (Phi) is 3.39. The van der Waals surface area contributed by atoms with Crippen LogP contribution in [0.5, 0.6) is 5.75 Å². The lowest BCUT2D eigenvalue weighted by Crippen LogP contribution is -2.52. The van der Waals surface area contributed by atoms with Crippen molar-refractivity contribution in [2.45, 2.75) is 25.2 Å². The molecular formula is C17H17NO3S. The second kappa shape index (κ2) is 5.41. The van der Waals surface area contributed by atoms with Gasteiger partial charge in [0, 0.05) is 31.5 Å². The molecule has 3 heterocycles. The van der Waals surface area contributed by atoms with Gasteiger partial charge in [-0.15, -0.1) is 11.3 Å². The minimum Gasteiger partial charge on any atom is -0.462 e. The molecule has 0 bridgehead atoms. The molecule has 0 aliphatic carbocycles. The maximum atomic E-state index is 12.4. The summed E-state index contributed by atoms with van der Waals surface area (Å²) in [7, 11) is 0. The highest BCUT2D eigenvalue weighted by atomic mass is 32.1. The first-order chi connectivity index (χ1) is 10.8. The van der Waals surface area contributed by atoms with Crippen LogP contribution in [0, 0.1) is 0 Å². The summed E-state index contributed by atoms with van der Waals surface area (Å²) in [6, 6.07) is 11.8. The number of piperidine rings is 1. The number of likely N-dealkylation sites (tertiary alicyclic amines) is 1. The first-order valence-electron chi connectivity index (χ1n) is 7.49. The van der Waals surface area contributed by atoms with Gasteiger partial charge in [-0.05, 0) is 17.5 Å². The molecule has 0 atom stereocenters. The minimum atomic E-state index is -0.569. The third-order valence-electron chi connectivity index (χ3n) is 4.30. The van der Waals surface area contributed by atoms with Crippen molar-refractivity contribution < 1.29 is 14.3 Å². The van der Waals surface area contributed by atoms with Crippen molar-refractivity contribution >= 4 is 17.2 Å². The summed E-state index contributed by atoms with van der Waals surface area (Å²) < 4.78 is 12.1. The highest BCUT2D eigenvalue weighted by Crippen LogP contribution is 2.37. The number of rotatable bonds is 1. The second-order valence-electron chi connectivity index (χ2n) is 5.68. The van der Waals surface area contributed by atoms with E-state index < -0.39 is 5.79 Å². The van der Waals surface area contributed by atoms with Gasteiger partial charge in [-0.2, -0.15) is 0 Å². The Morgan fingerprint density at radius 3 is 2.73 bits per heavy atom. The van der Waals surface area contributed by atoms with Gasteiger partial charge in [-0.1, -0.05) is 24.3 Å². The van der Waals surface area contributed by atoms with Gasteiger partial charge >= 0.3 is 0 Å². The number of carbonyl (C=O) groups excluding carboxylic acids is 1. The molecule has 0 saturated carbocycles. The Morgan fingerprint density at radius 1 is 1.14 bits per heavy atom. The molecule has 114 valence electrons. The number of benzene rings is 1. The number of para-hydroxylation sites is 1. The van der Waals surface area contributed by atoms with E-state index in [0.717, 1.165) is 16.2 Å². The Morgan fingerprint density at radius 2 is 1.95 bits per heavy atom. The molecule has 2 aliphatic rings. The van der Waals surface area contributed by atoms with Crippen LogP contribution in [-0.2, 0) is 11.3 Å². The summed E-state index contributed by atoms with van der Waals surface area (Å²) in [6.07, 6.45) is 1.41. The average molecular weight is 315 g/mol. The van der Waals surface area contributed by atoms with Crippen LogP contribution in [0.1, 0.15) is 28.1 Å². The van der Waals surface area contributed by atoms with Crippen LogP contribution in [0.4, 0.5) is 0 Å². The molecule has 1 saturated heterocycles. The SMILES string of the molecule is O=C(c1cccs1)N1CCC2(CC1)OCc1ccccc1O2. The van der Waals surface area contributed by atoms with Crippen molar-refractivity contribution in [1.29, 1.82) is 0 Å². The highest BCUT2D eigenvalue weighted by molar-refractivity contribution is 7.12. The molecule has 0 unspecified atom stereocenters. The normalized spacial score (nSPS) is 19.5. The van der Waals surface area contributed by atoms with Gasteiger partial charge in [-0.3, -0.25) is 4.79 Å². The predicted octanol–water partition coefficient (Wildman–Crippen LogP) is 3.29. The number of fused-ring (bicyclic) bond motifs is 1. The van der Waals surface area contributed by atoms with Crippen LogP contribution in [0.15, 0.2) is 41.8 Å². The van der Waals surface area contributed by atoms with Crippen LogP contribution in [0.25, 0.3) is 0 Å². The van der Waals surface area contributed by atoms with Crippen LogP contribution in [0.2, 0.25) is 0 Å². The van der Waals surface area contributed by atoms with Crippen molar-refractivity contribution in [1.82, 2.24) is 4.90 Å².